The van der Waals surface area contributed by atoms with E-state index < -0.39 is 17.9 Å². The SMILES string of the molecule is Cc1cccc(OC(C)C(=O)NNC(=O)c2cnn(-c3ccccn3)c2C(C)C)c1C. The Morgan fingerprint density at radius 1 is 1.03 bits per heavy atom. The zero-order valence-electron chi connectivity index (χ0n) is 18.3. The Hall–Kier alpha value is -3.68. The van der Waals surface area contributed by atoms with Crippen LogP contribution in [0.1, 0.15) is 53.9 Å². The van der Waals surface area contributed by atoms with Crippen LogP contribution in [-0.4, -0.2) is 32.7 Å². The molecular weight excluding hydrogens is 394 g/mol. The highest BCUT2D eigenvalue weighted by atomic mass is 16.5. The molecule has 2 N–H and O–H groups in total. The number of nitrogens with one attached hydrogen (secondary N) is 2. The number of aryl methyl sites for hydroxylation is 1. The molecule has 1 aromatic carbocycles. The third-order valence-corrected chi connectivity index (χ3v) is 4.99. The van der Waals surface area contributed by atoms with E-state index in [2.05, 4.69) is 20.9 Å². The Balaban J connectivity index is 1.68. The van der Waals surface area contributed by atoms with Crippen molar-refractivity contribution < 1.29 is 14.3 Å². The maximum Gasteiger partial charge on any atom is 0.279 e. The Labute approximate surface area is 181 Å². The topological polar surface area (TPSA) is 98.1 Å². The summed E-state index contributed by atoms with van der Waals surface area (Å²) in [4.78, 5) is 29.5. The lowest BCUT2D eigenvalue weighted by Gasteiger charge is -2.17. The fourth-order valence-electron chi connectivity index (χ4n) is 3.13. The number of hydrazine groups is 1. The number of amides is 2. The number of ether oxygens (including phenoxy) is 1. The molecular formula is C23H27N5O3. The molecule has 0 radical (unpaired) electrons. The van der Waals surface area contributed by atoms with Crippen molar-refractivity contribution in [3.05, 3.63) is 71.2 Å². The number of rotatable bonds is 6. The van der Waals surface area contributed by atoms with Gasteiger partial charge in [-0.05, 0) is 56.0 Å². The number of benzene rings is 1. The largest absolute Gasteiger partial charge is 0.481 e. The number of aromatic nitrogens is 3. The van der Waals surface area contributed by atoms with E-state index >= 15 is 0 Å². The molecule has 0 aliphatic heterocycles. The molecule has 2 heterocycles. The van der Waals surface area contributed by atoms with Gasteiger partial charge in [-0.1, -0.05) is 32.0 Å². The molecule has 3 aromatic rings. The van der Waals surface area contributed by atoms with Gasteiger partial charge in [-0.3, -0.25) is 20.4 Å². The van der Waals surface area contributed by atoms with E-state index in [1.54, 1.807) is 17.8 Å². The van der Waals surface area contributed by atoms with Gasteiger partial charge in [0.25, 0.3) is 11.8 Å². The number of hydrogen-bond acceptors (Lipinski definition) is 5. The molecule has 3 rings (SSSR count). The lowest BCUT2D eigenvalue weighted by atomic mass is 10.1. The van der Waals surface area contributed by atoms with Crippen molar-refractivity contribution >= 4 is 11.8 Å². The fraction of sp³-hybridized carbons (Fsp3) is 0.304. The van der Waals surface area contributed by atoms with E-state index in [0.717, 1.165) is 11.1 Å². The Kier molecular flexibility index (Phi) is 6.69. The van der Waals surface area contributed by atoms with Gasteiger partial charge in [0.15, 0.2) is 11.9 Å². The average molecular weight is 422 g/mol. The third-order valence-electron chi connectivity index (χ3n) is 4.99. The minimum atomic E-state index is -0.790. The van der Waals surface area contributed by atoms with E-state index in [9.17, 15) is 9.59 Å². The number of carbonyl (C=O) groups excluding carboxylic acids is 2. The summed E-state index contributed by atoms with van der Waals surface area (Å²) in [6.07, 6.45) is 2.35. The van der Waals surface area contributed by atoms with Crippen molar-refractivity contribution in [1.29, 1.82) is 0 Å². The molecule has 162 valence electrons. The van der Waals surface area contributed by atoms with Crippen LogP contribution >= 0.6 is 0 Å². The molecule has 8 nitrogen and oxygen atoms in total. The van der Waals surface area contributed by atoms with Gasteiger partial charge in [-0.25, -0.2) is 9.67 Å². The smallest absolute Gasteiger partial charge is 0.279 e. The van der Waals surface area contributed by atoms with Gasteiger partial charge in [0, 0.05) is 6.20 Å². The summed E-state index contributed by atoms with van der Waals surface area (Å²) in [6, 6.07) is 11.1. The predicted molar refractivity (Wildman–Crippen MR) is 117 cm³/mol. The van der Waals surface area contributed by atoms with Crippen molar-refractivity contribution in [1.82, 2.24) is 25.6 Å². The van der Waals surface area contributed by atoms with E-state index in [-0.39, 0.29) is 5.92 Å². The first kappa shape index (κ1) is 22.0. The summed E-state index contributed by atoms with van der Waals surface area (Å²) in [5, 5.41) is 4.32. The molecule has 2 aromatic heterocycles. The lowest BCUT2D eigenvalue weighted by molar-refractivity contribution is -0.128. The molecule has 0 spiro atoms. The Morgan fingerprint density at radius 2 is 1.81 bits per heavy atom. The number of pyridine rings is 1. The Morgan fingerprint density at radius 3 is 2.48 bits per heavy atom. The number of nitrogens with zero attached hydrogens (tertiary/aromatic N) is 3. The first-order valence-corrected chi connectivity index (χ1v) is 10.1. The van der Waals surface area contributed by atoms with Crippen molar-refractivity contribution in [2.45, 2.75) is 46.6 Å². The van der Waals surface area contributed by atoms with Gasteiger partial charge in [-0.15, -0.1) is 0 Å². The van der Waals surface area contributed by atoms with Gasteiger partial charge in [0.2, 0.25) is 0 Å². The average Bonchev–Trinajstić information content (AvgIpc) is 3.21. The van der Waals surface area contributed by atoms with Crippen molar-refractivity contribution in [2.24, 2.45) is 0 Å². The van der Waals surface area contributed by atoms with Crippen LogP contribution in [0.4, 0.5) is 0 Å². The highest BCUT2D eigenvalue weighted by Gasteiger charge is 2.23. The molecule has 0 bridgehead atoms. The van der Waals surface area contributed by atoms with Crippen LogP contribution in [0.5, 0.6) is 5.75 Å². The minimum Gasteiger partial charge on any atom is -0.481 e. The summed E-state index contributed by atoms with van der Waals surface area (Å²) in [7, 11) is 0. The number of carbonyl (C=O) groups is 2. The normalized spacial score (nSPS) is 11.8. The van der Waals surface area contributed by atoms with Crippen LogP contribution in [0.15, 0.2) is 48.8 Å². The molecule has 0 aliphatic rings. The predicted octanol–water partition coefficient (Wildman–Crippen LogP) is 3.24. The van der Waals surface area contributed by atoms with Crippen LogP contribution in [0.3, 0.4) is 0 Å². The molecule has 31 heavy (non-hydrogen) atoms. The van der Waals surface area contributed by atoms with E-state index in [1.165, 1.54) is 6.20 Å². The summed E-state index contributed by atoms with van der Waals surface area (Å²) in [6.45, 7) is 9.47. The van der Waals surface area contributed by atoms with Crippen molar-refractivity contribution in [2.75, 3.05) is 0 Å². The zero-order chi connectivity index (χ0) is 22.5. The Bertz CT molecular complexity index is 1080. The summed E-state index contributed by atoms with van der Waals surface area (Å²) < 4.78 is 7.39. The third kappa shape index (κ3) is 4.91. The second-order valence-electron chi connectivity index (χ2n) is 7.60. The van der Waals surface area contributed by atoms with Gasteiger partial charge >= 0.3 is 0 Å². The van der Waals surface area contributed by atoms with Crippen LogP contribution in [0, 0.1) is 13.8 Å². The monoisotopic (exact) mass is 421 g/mol. The van der Waals surface area contributed by atoms with Crippen LogP contribution in [-0.2, 0) is 4.79 Å². The van der Waals surface area contributed by atoms with E-state index in [0.29, 0.717) is 22.8 Å². The van der Waals surface area contributed by atoms with E-state index in [1.807, 2.05) is 64.1 Å². The number of hydrogen-bond donors (Lipinski definition) is 2. The molecule has 0 saturated carbocycles. The second-order valence-corrected chi connectivity index (χ2v) is 7.60. The fourth-order valence-corrected chi connectivity index (χ4v) is 3.13. The van der Waals surface area contributed by atoms with Crippen LogP contribution in [0.2, 0.25) is 0 Å². The highest BCUT2D eigenvalue weighted by Crippen LogP contribution is 2.23. The quantitative estimate of drug-likeness (QED) is 0.596. The van der Waals surface area contributed by atoms with Crippen LogP contribution in [0.25, 0.3) is 5.82 Å². The maximum atomic E-state index is 12.8. The van der Waals surface area contributed by atoms with Gasteiger partial charge < -0.3 is 4.74 Å². The summed E-state index contributed by atoms with van der Waals surface area (Å²) in [5.74, 6) is 0.334. The van der Waals surface area contributed by atoms with Gasteiger partial charge in [0.1, 0.15) is 5.75 Å². The summed E-state index contributed by atoms with van der Waals surface area (Å²) in [5.41, 5.74) is 8.00. The van der Waals surface area contributed by atoms with Crippen LogP contribution < -0.4 is 15.6 Å². The minimum absolute atomic E-state index is 0.00695. The molecule has 0 saturated heterocycles. The first-order chi connectivity index (χ1) is 14.8. The molecule has 2 amide bonds. The molecule has 8 heteroatoms. The molecule has 0 aliphatic carbocycles. The van der Waals surface area contributed by atoms with Crippen molar-refractivity contribution in [3.8, 4) is 11.6 Å². The zero-order valence-corrected chi connectivity index (χ0v) is 18.3. The second kappa shape index (κ2) is 9.42. The first-order valence-electron chi connectivity index (χ1n) is 10.1. The lowest BCUT2D eigenvalue weighted by Crippen LogP contribution is -2.47. The van der Waals surface area contributed by atoms with Gasteiger partial charge in [-0.2, -0.15) is 5.10 Å². The van der Waals surface area contributed by atoms with E-state index in [4.69, 9.17) is 4.74 Å². The molecule has 1 unspecified atom stereocenters. The van der Waals surface area contributed by atoms with Crippen molar-refractivity contribution in [3.63, 3.8) is 0 Å². The summed E-state index contributed by atoms with van der Waals surface area (Å²) >= 11 is 0. The standard InChI is InChI=1S/C23H27N5O3/c1-14(2)21-18(13-25-28(21)20-11-6-7-12-24-20)23(30)27-26-22(29)17(5)31-19-10-8-9-15(3)16(19)4/h6-14,17H,1-5H3,(H,26,29)(H,27,30). The molecule has 0 fully saturated rings. The maximum absolute atomic E-state index is 12.8. The molecule has 1 atom stereocenters. The highest BCUT2D eigenvalue weighted by molar-refractivity contribution is 5.96. The van der Waals surface area contributed by atoms with Gasteiger partial charge in [0.05, 0.1) is 17.5 Å².